The summed E-state index contributed by atoms with van der Waals surface area (Å²) in [5, 5.41) is 3.19. The highest BCUT2D eigenvalue weighted by atomic mass is 16.5. The van der Waals surface area contributed by atoms with Gasteiger partial charge in [-0.1, -0.05) is 42.5 Å². The summed E-state index contributed by atoms with van der Waals surface area (Å²) in [6.07, 6.45) is 4.40. The number of aryl methyl sites for hydroxylation is 1. The molecule has 3 unspecified atom stereocenters. The third-order valence-electron chi connectivity index (χ3n) is 5.20. The summed E-state index contributed by atoms with van der Waals surface area (Å²) in [6, 6.07) is 17.5. The SMILES string of the molecule is COC1C(NC(=O)c2ccccc2)Cc2ccccc2C1n1cnc(C)c1. The van der Waals surface area contributed by atoms with Gasteiger partial charge in [0, 0.05) is 18.9 Å². The fourth-order valence-electron chi connectivity index (χ4n) is 3.95. The Morgan fingerprint density at radius 3 is 2.59 bits per heavy atom. The van der Waals surface area contributed by atoms with E-state index in [9.17, 15) is 4.79 Å². The standard InChI is InChI=1S/C22H23N3O2/c1-15-13-25(14-23-15)20-18-11-7-6-10-17(18)12-19(21(20)27-2)24-22(26)16-8-4-3-5-9-16/h3-11,13-14,19-21H,12H2,1-2H3,(H,24,26). The Kier molecular flexibility index (Phi) is 4.77. The highest BCUT2D eigenvalue weighted by Crippen LogP contribution is 2.35. The van der Waals surface area contributed by atoms with E-state index in [0.29, 0.717) is 5.56 Å². The Morgan fingerprint density at radius 2 is 1.89 bits per heavy atom. The molecule has 3 aromatic rings. The van der Waals surface area contributed by atoms with Gasteiger partial charge in [0.1, 0.15) is 6.10 Å². The number of fused-ring (bicyclic) bond motifs is 1. The normalized spacial score (nSPS) is 21.5. The molecule has 1 aliphatic carbocycles. The molecular formula is C22H23N3O2. The van der Waals surface area contributed by atoms with Gasteiger partial charge in [0.05, 0.1) is 24.1 Å². The van der Waals surface area contributed by atoms with Crippen molar-refractivity contribution in [3.05, 3.63) is 89.5 Å². The highest BCUT2D eigenvalue weighted by Gasteiger charge is 2.38. The fourth-order valence-corrected chi connectivity index (χ4v) is 3.95. The summed E-state index contributed by atoms with van der Waals surface area (Å²) >= 11 is 0. The summed E-state index contributed by atoms with van der Waals surface area (Å²) in [7, 11) is 1.71. The number of imidazole rings is 1. The zero-order valence-corrected chi connectivity index (χ0v) is 15.5. The Hall–Kier alpha value is -2.92. The monoisotopic (exact) mass is 361 g/mol. The maximum absolute atomic E-state index is 12.7. The molecule has 0 saturated carbocycles. The number of nitrogens with one attached hydrogen (secondary N) is 1. The van der Waals surface area contributed by atoms with E-state index in [-0.39, 0.29) is 24.1 Å². The number of carbonyl (C=O) groups is 1. The number of hydrogen-bond acceptors (Lipinski definition) is 3. The molecule has 1 N–H and O–H groups in total. The number of hydrogen-bond donors (Lipinski definition) is 1. The van der Waals surface area contributed by atoms with Crippen molar-refractivity contribution in [2.45, 2.75) is 31.5 Å². The molecule has 0 radical (unpaired) electrons. The minimum absolute atomic E-state index is 0.0396. The van der Waals surface area contributed by atoms with Crippen LogP contribution in [0.15, 0.2) is 67.1 Å². The second-order valence-corrected chi connectivity index (χ2v) is 6.96. The van der Waals surface area contributed by atoms with Crippen molar-refractivity contribution in [3.8, 4) is 0 Å². The maximum atomic E-state index is 12.7. The fraction of sp³-hybridized carbons (Fsp3) is 0.273. The van der Waals surface area contributed by atoms with Crippen molar-refractivity contribution in [3.63, 3.8) is 0 Å². The predicted molar refractivity (Wildman–Crippen MR) is 104 cm³/mol. The van der Waals surface area contributed by atoms with Crippen LogP contribution in [0.1, 0.15) is 33.2 Å². The van der Waals surface area contributed by atoms with Crippen molar-refractivity contribution in [1.82, 2.24) is 14.9 Å². The molecule has 1 heterocycles. The van der Waals surface area contributed by atoms with Crippen LogP contribution >= 0.6 is 0 Å². The zero-order chi connectivity index (χ0) is 18.8. The van der Waals surface area contributed by atoms with Gasteiger partial charge in [-0.3, -0.25) is 4.79 Å². The zero-order valence-electron chi connectivity index (χ0n) is 15.5. The lowest BCUT2D eigenvalue weighted by Gasteiger charge is -2.39. The van der Waals surface area contributed by atoms with Crippen molar-refractivity contribution in [1.29, 1.82) is 0 Å². The van der Waals surface area contributed by atoms with E-state index < -0.39 is 0 Å². The van der Waals surface area contributed by atoms with Crippen LogP contribution in [0, 0.1) is 6.92 Å². The third kappa shape index (κ3) is 3.38. The van der Waals surface area contributed by atoms with E-state index in [2.05, 4.69) is 27.0 Å². The topological polar surface area (TPSA) is 56.1 Å². The Morgan fingerprint density at radius 1 is 1.15 bits per heavy atom. The summed E-state index contributed by atoms with van der Waals surface area (Å²) in [4.78, 5) is 17.1. The molecule has 1 aromatic heterocycles. The number of rotatable bonds is 4. The van der Waals surface area contributed by atoms with Gasteiger partial charge in [-0.05, 0) is 36.6 Å². The van der Waals surface area contributed by atoms with Gasteiger partial charge in [0.15, 0.2) is 0 Å². The number of aromatic nitrogens is 2. The van der Waals surface area contributed by atoms with Crippen molar-refractivity contribution in [2.75, 3.05) is 7.11 Å². The molecular weight excluding hydrogens is 338 g/mol. The van der Waals surface area contributed by atoms with Crippen LogP contribution in [-0.4, -0.2) is 34.7 Å². The van der Waals surface area contributed by atoms with Crippen LogP contribution in [-0.2, 0) is 11.2 Å². The second kappa shape index (κ2) is 7.37. The van der Waals surface area contributed by atoms with E-state index in [0.717, 1.165) is 12.1 Å². The first-order valence-electron chi connectivity index (χ1n) is 9.14. The Labute approximate surface area is 159 Å². The molecule has 4 rings (SSSR count). The summed E-state index contributed by atoms with van der Waals surface area (Å²) in [5.41, 5.74) is 4.05. The van der Waals surface area contributed by atoms with Crippen molar-refractivity contribution < 1.29 is 9.53 Å². The number of methoxy groups -OCH3 is 1. The predicted octanol–water partition coefficient (Wildman–Crippen LogP) is 3.15. The third-order valence-corrected chi connectivity index (χ3v) is 5.20. The molecule has 138 valence electrons. The molecule has 0 saturated heterocycles. The van der Waals surface area contributed by atoms with Gasteiger partial charge in [-0.15, -0.1) is 0 Å². The minimum atomic E-state index is -0.193. The van der Waals surface area contributed by atoms with Crippen LogP contribution in [0.5, 0.6) is 0 Å². The van der Waals surface area contributed by atoms with E-state index in [4.69, 9.17) is 4.74 Å². The Balaban J connectivity index is 1.70. The summed E-state index contributed by atoms with van der Waals surface area (Å²) < 4.78 is 8.00. The van der Waals surface area contributed by atoms with E-state index in [1.54, 1.807) is 7.11 Å². The molecule has 0 fully saturated rings. The van der Waals surface area contributed by atoms with Crippen molar-refractivity contribution in [2.24, 2.45) is 0 Å². The molecule has 5 heteroatoms. The average molecular weight is 361 g/mol. The van der Waals surface area contributed by atoms with E-state index in [1.165, 1.54) is 11.1 Å². The van der Waals surface area contributed by atoms with Gasteiger partial charge < -0.3 is 14.6 Å². The quantitative estimate of drug-likeness (QED) is 0.777. The highest BCUT2D eigenvalue weighted by molar-refractivity contribution is 5.94. The van der Waals surface area contributed by atoms with Gasteiger partial charge in [0.25, 0.3) is 5.91 Å². The second-order valence-electron chi connectivity index (χ2n) is 6.96. The molecule has 1 aliphatic rings. The van der Waals surface area contributed by atoms with Gasteiger partial charge >= 0.3 is 0 Å². The van der Waals surface area contributed by atoms with Gasteiger partial charge in [-0.2, -0.15) is 0 Å². The lowest BCUT2D eigenvalue weighted by Crippen LogP contribution is -2.52. The number of ether oxygens (including phenoxy) is 1. The van der Waals surface area contributed by atoms with Crippen LogP contribution in [0.3, 0.4) is 0 Å². The van der Waals surface area contributed by atoms with E-state index >= 15 is 0 Å². The van der Waals surface area contributed by atoms with Crippen LogP contribution in [0.4, 0.5) is 0 Å². The first-order chi connectivity index (χ1) is 13.2. The summed E-state index contributed by atoms with van der Waals surface area (Å²) in [5.74, 6) is -0.0809. The lowest BCUT2D eigenvalue weighted by molar-refractivity contribution is 0.0301. The lowest BCUT2D eigenvalue weighted by atomic mass is 9.82. The number of benzene rings is 2. The molecule has 2 aromatic carbocycles. The van der Waals surface area contributed by atoms with Gasteiger partial charge in [0.2, 0.25) is 0 Å². The van der Waals surface area contributed by atoms with E-state index in [1.807, 2.05) is 61.9 Å². The van der Waals surface area contributed by atoms with Crippen LogP contribution < -0.4 is 5.32 Å². The molecule has 0 spiro atoms. The molecule has 5 nitrogen and oxygen atoms in total. The summed E-state index contributed by atoms with van der Waals surface area (Å²) in [6.45, 7) is 1.97. The molecule has 1 amide bonds. The number of carbonyl (C=O) groups excluding carboxylic acids is 1. The van der Waals surface area contributed by atoms with Crippen LogP contribution in [0.2, 0.25) is 0 Å². The molecule has 0 bridgehead atoms. The van der Waals surface area contributed by atoms with Crippen molar-refractivity contribution >= 4 is 5.91 Å². The minimum Gasteiger partial charge on any atom is -0.377 e. The smallest absolute Gasteiger partial charge is 0.251 e. The molecule has 3 atom stereocenters. The maximum Gasteiger partial charge on any atom is 0.251 e. The van der Waals surface area contributed by atoms with Gasteiger partial charge in [-0.25, -0.2) is 4.98 Å². The first kappa shape index (κ1) is 17.5. The Bertz CT molecular complexity index is 935. The molecule has 27 heavy (non-hydrogen) atoms. The number of amides is 1. The largest absolute Gasteiger partial charge is 0.377 e. The molecule has 0 aliphatic heterocycles. The first-order valence-corrected chi connectivity index (χ1v) is 9.14. The van der Waals surface area contributed by atoms with Crippen LogP contribution in [0.25, 0.3) is 0 Å². The number of nitrogens with zero attached hydrogens (tertiary/aromatic N) is 2. The average Bonchev–Trinajstić information content (AvgIpc) is 3.13.